The average Bonchev–Trinajstić information content (AvgIpc) is 3.13. The van der Waals surface area contributed by atoms with Crippen LogP contribution in [0.4, 0.5) is 26.3 Å². The minimum absolute atomic E-state index is 0.00304. The minimum atomic E-state index is -4.93. The molecule has 1 aromatic heterocycles. The number of likely N-dealkylation sites (tertiary alicyclic amines) is 1. The van der Waals surface area contributed by atoms with E-state index in [1.807, 2.05) is 4.90 Å². The second kappa shape index (κ2) is 15.4. The highest BCUT2D eigenvalue weighted by molar-refractivity contribution is 7.92. The molecule has 1 atom stereocenters. The summed E-state index contributed by atoms with van der Waals surface area (Å²) in [5, 5.41) is 1.25. The highest BCUT2D eigenvalue weighted by Crippen LogP contribution is 2.38. The van der Waals surface area contributed by atoms with Crippen LogP contribution in [0.25, 0.3) is 22.2 Å². The number of piperidine rings is 1. The first-order valence-corrected chi connectivity index (χ1v) is 18.9. The van der Waals surface area contributed by atoms with Crippen LogP contribution in [-0.4, -0.2) is 86.0 Å². The number of ether oxygens (including phenoxy) is 1. The van der Waals surface area contributed by atoms with Crippen molar-refractivity contribution in [2.24, 2.45) is 0 Å². The lowest BCUT2D eigenvalue weighted by molar-refractivity contribution is -0.155. The highest BCUT2D eigenvalue weighted by atomic mass is 32.2. The van der Waals surface area contributed by atoms with E-state index in [2.05, 4.69) is 10.2 Å². The van der Waals surface area contributed by atoms with Gasteiger partial charge in [-0.25, -0.2) is 13.4 Å². The Kier molecular flexibility index (Phi) is 11.2. The van der Waals surface area contributed by atoms with E-state index in [4.69, 9.17) is 9.72 Å². The minimum Gasteiger partial charge on any atom is -0.379 e. The number of nitrogens with zero attached hydrogens (tertiary/aromatic N) is 3. The summed E-state index contributed by atoms with van der Waals surface area (Å²) >= 11 is 0. The molecule has 0 unspecified atom stereocenters. The zero-order valence-corrected chi connectivity index (χ0v) is 30.0. The Morgan fingerprint density at radius 3 is 2.21 bits per heavy atom. The van der Waals surface area contributed by atoms with Crippen molar-refractivity contribution in [1.82, 2.24) is 20.1 Å². The van der Waals surface area contributed by atoms with Crippen LogP contribution in [0.15, 0.2) is 77.7 Å². The Morgan fingerprint density at radius 1 is 0.906 bits per heavy atom. The SMILES string of the molecule is CC(C)S(=O)(=O)c1ccc2nc(-c3cccc(C(F)(F)F)c3)c(CN3CCC(N4CCOCC4)CC3)c(C(=O)N[C@H](c3ccccc3)C(F)(F)F)c2c1. The third kappa shape index (κ3) is 8.53. The van der Waals surface area contributed by atoms with Gasteiger partial charge in [0.25, 0.3) is 5.91 Å². The van der Waals surface area contributed by atoms with Crippen molar-refractivity contribution in [2.75, 3.05) is 39.4 Å². The van der Waals surface area contributed by atoms with Crippen LogP contribution in [0.1, 0.15) is 59.8 Å². The lowest BCUT2D eigenvalue weighted by atomic mass is 9.93. The van der Waals surface area contributed by atoms with Gasteiger partial charge < -0.3 is 10.1 Å². The predicted molar refractivity (Wildman–Crippen MR) is 188 cm³/mol. The van der Waals surface area contributed by atoms with Crippen LogP contribution in [0.5, 0.6) is 0 Å². The van der Waals surface area contributed by atoms with Crippen molar-refractivity contribution in [2.45, 2.75) is 67.8 Å². The van der Waals surface area contributed by atoms with Crippen molar-refractivity contribution in [3.8, 4) is 11.3 Å². The summed E-state index contributed by atoms with van der Waals surface area (Å²) in [6, 6.07) is 12.8. The Hall–Kier alpha value is -4.05. The molecule has 1 N–H and O–H groups in total. The summed E-state index contributed by atoms with van der Waals surface area (Å²) in [6.45, 7) is 6.77. The van der Waals surface area contributed by atoms with Crippen molar-refractivity contribution in [1.29, 1.82) is 0 Å². The van der Waals surface area contributed by atoms with E-state index < -0.39 is 45.0 Å². The Morgan fingerprint density at radius 2 is 1.58 bits per heavy atom. The molecule has 53 heavy (non-hydrogen) atoms. The summed E-state index contributed by atoms with van der Waals surface area (Å²) in [7, 11) is -3.93. The molecule has 15 heteroatoms. The molecule has 3 heterocycles. The summed E-state index contributed by atoms with van der Waals surface area (Å²) in [6.07, 6.45) is -8.17. The highest BCUT2D eigenvalue weighted by Gasteiger charge is 2.43. The van der Waals surface area contributed by atoms with Crippen LogP contribution >= 0.6 is 0 Å². The number of fused-ring (bicyclic) bond motifs is 1. The predicted octanol–water partition coefficient (Wildman–Crippen LogP) is 7.43. The zero-order chi connectivity index (χ0) is 38.1. The second-order valence-electron chi connectivity index (χ2n) is 13.7. The van der Waals surface area contributed by atoms with Gasteiger partial charge in [-0.1, -0.05) is 42.5 Å². The maximum Gasteiger partial charge on any atom is 0.416 e. The van der Waals surface area contributed by atoms with Gasteiger partial charge in [-0.2, -0.15) is 26.3 Å². The molecule has 2 aliphatic rings. The van der Waals surface area contributed by atoms with Gasteiger partial charge in [0, 0.05) is 42.2 Å². The van der Waals surface area contributed by atoms with Crippen LogP contribution in [0.3, 0.4) is 0 Å². The first-order chi connectivity index (χ1) is 25.0. The Bertz CT molecular complexity index is 2040. The quantitative estimate of drug-likeness (QED) is 0.178. The van der Waals surface area contributed by atoms with E-state index in [1.165, 1.54) is 74.5 Å². The van der Waals surface area contributed by atoms with Gasteiger partial charge in [0.1, 0.15) is 0 Å². The third-order valence-corrected chi connectivity index (χ3v) is 12.1. The van der Waals surface area contributed by atoms with Gasteiger partial charge >= 0.3 is 12.4 Å². The van der Waals surface area contributed by atoms with Crippen molar-refractivity contribution in [3.05, 3.63) is 95.1 Å². The number of pyridine rings is 1. The molecule has 0 spiro atoms. The summed E-state index contributed by atoms with van der Waals surface area (Å²) in [5.74, 6) is -1.17. The molecule has 3 aromatic carbocycles. The van der Waals surface area contributed by atoms with Gasteiger partial charge in [0.15, 0.2) is 15.9 Å². The van der Waals surface area contributed by atoms with Crippen molar-refractivity contribution < 1.29 is 44.3 Å². The number of benzene rings is 3. The zero-order valence-electron chi connectivity index (χ0n) is 29.2. The fraction of sp³-hybridized carbons (Fsp3) is 0.421. The molecular formula is C38H40F6N4O4S. The first kappa shape index (κ1) is 38.7. The Balaban J connectivity index is 1.54. The van der Waals surface area contributed by atoms with Crippen LogP contribution in [0.2, 0.25) is 0 Å². The number of sulfone groups is 1. The number of rotatable bonds is 9. The Labute approximate surface area is 304 Å². The maximum atomic E-state index is 14.6. The van der Waals surface area contributed by atoms with Gasteiger partial charge in [0.2, 0.25) is 0 Å². The van der Waals surface area contributed by atoms with Gasteiger partial charge in [0.05, 0.1) is 45.7 Å². The number of amides is 1. The largest absolute Gasteiger partial charge is 0.416 e. The van der Waals surface area contributed by atoms with Crippen molar-refractivity contribution in [3.63, 3.8) is 0 Å². The molecular weight excluding hydrogens is 722 g/mol. The fourth-order valence-electron chi connectivity index (χ4n) is 7.04. The molecule has 0 bridgehead atoms. The number of hydrogen-bond acceptors (Lipinski definition) is 7. The van der Waals surface area contributed by atoms with Crippen LogP contribution < -0.4 is 5.32 Å². The number of aromatic nitrogens is 1. The summed E-state index contributed by atoms with van der Waals surface area (Å²) in [4.78, 5) is 23.4. The number of morpholine rings is 1. The van der Waals surface area contributed by atoms with E-state index in [-0.39, 0.29) is 56.3 Å². The monoisotopic (exact) mass is 762 g/mol. The van der Waals surface area contributed by atoms with E-state index in [1.54, 1.807) is 0 Å². The van der Waals surface area contributed by atoms with Gasteiger partial charge in [-0.3, -0.25) is 14.6 Å². The van der Waals surface area contributed by atoms with Gasteiger partial charge in [-0.05, 0) is 75.7 Å². The van der Waals surface area contributed by atoms with Crippen molar-refractivity contribution >= 4 is 26.6 Å². The van der Waals surface area contributed by atoms with Crippen LogP contribution in [0, 0.1) is 0 Å². The maximum absolute atomic E-state index is 14.6. The molecule has 6 rings (SSSR count). The number of carbonyl (C=O) groups is 1. The number of halogens is 6. The topological polar surface area (TPSA) is 91.8 Å². The second-order valence-corrected chi connectivity index (χ2v) is 16.2. The van der Waals surface area contributed by atoms with E-state index in [0.717, 1.165) is 38.1 Å². The number of hydrogen-bond donors (Lipinski definition) is 1. The molecule has 284 valence electrons. The first-order valence-electron chi connectivity index (χ1n) is 17.4. The molecule has 1 amide bonds. The van der Waals surface area contributed by atoms with Gasteiger partial charge in [-0.15, -0.1) is 0 Å². The smallest absolute Gasteiger partial charge is 0.379 e. The summed E-state index contributed by atoms with van der Waals surface area (Å²) < 4.78 is 118. The standard InChI is InChI=1S/C38H40F6N4O4S/c1-24(2)53(50,51)29-11-12-32-30(22-29)33(36(49)46-35(38(42,43)44)25-7-4-3-5-8-25)31(34(45-32)26-9-6-10-27(21-26)37(39,40)41)23-47-15-13-28(14-16-47)48-17-19-52-20-18-48/h3-12,21-22,24,28,35H,13-20,23H2,1-2H3,(H,46,49)/t35-/m1/s1. The van der Waals surface area contributed by atoms with Crippen LogP contribution in [-0.2, 0) is 27.3 Å². The fourth-order valence-corrected chi connectivity index (χ4v) is 8.12. The van der Waals surface area contributed by atoms with E-state index in [0.29, 0.717) is 26.3 Å². The molecule has 4 aromatic rings. The van der Waals surface area contributed by atoms with E-state index >= 15 is 0 Å². The summed E-state index contributed by atoms with van der Waals surface area (Å²) in [5.41, 5.74) is -1.39. The lowest BCUT2D eigenvalue weighted by Crippen LogP contribution is -2.48. The molecule has 0 saturated carbocycles. The normalized spacial score (nSPS) is 17.7. The van der Waals surface area contributed by atoms with E-state index in [9.17, 15) is 39.6 Å². The molecule has 2 saturated heterocycles. The molecule has 0 radical (unpaired) electrons. The molecule has 2 fully saturated rings. The molecule has 8 nitrogen and oxygen atoms in total. The number of alkyl halides is 6. The molecule has 2 aliphatic heterocycles. The number of nitrogens with one attached hydrogen (secondary N) is 1. The average molecular weight is 763 g/mol. The lowest BCUT2D eigenvalue weighted by Gasteiger charge is -2.40. The molecule has 0 aliphatic carbocycles. The number of carbonyl (C=O) groups excluding carboxylic acids is 1. The third-order valence-electron chi connectivity index (χ3n) is 9.93.